The van der Waals surface area contributed by atoms with Crippen LogP contribution in [-0.4, -0.2) is 9.97 Å². The van der Waals surface area contributed by atoms with Crippen molar-refractivity contribution in [2.75, 3.05) is 5.73 Å². The van der Waals surface area contributed by atoms with E-state index in [9.17, 15) is 0 Å². The van der Waals surface area contributed by atoms with Gasteiger partial charge in [-0.15, -0.1) is 0 Å². The smallest absolute Gasteiger partial charge is 0.242 e. The number of anilines is 1. The summed E-state index contributed by atoms with van der Waals surface area (Å²) in [6, 6.07) is 13.1. The number of fused-ring (bicyclic) bond motifs is 1. The number of pyridine rings is 2. The monoisotopic (exact) mass is 237 g/mol. The van der Waals surface area contributed by atoms with Crippen molar-refractivity contribution in [3.63, 3.8) is 0 Å². The first kappa shape index (κ1) is 10.5. The quantitative estimate of drug-likeness (QED) is 0.744. The van der Waals surface area contributed by atoms with Gasteiger partial charge in [-0.25, -0.2) is 4.98 Å². The van der Waals surface area contributed by atoms with Gasteiger partial charge in [-0.05, 0) is 30.3 Å². The molecule has 0 aliphatic carbocycles. The summed E-state index contributed by atoms with van der Waals surface area (Å²) in [7, 11) is 0. The number of hydrogen-bond donors (Lipinski definition) is 1. The fourth-order valence-electron chi connectivity index (χ4n) is 1.71. The standard InChI is InChI=1S/C14H11N3O/c15-12-4-2-8-17-14(12)18-11-6-5-10-3-1-7-16-13(10)9-11/h1-9H,15H2. The summed E-state index contributed by atoms with van der Waals surface area (Å²) in [5, 5.41) is 1.07. The van der Waals surface area contributed by atoms with Gasteiger partial charge < -0.3 is 10.5 Å². The lowest BCUT2D eigenvalue weighted by Gasteiger charge is -2.07. The first-order valence-electron chi connectivity index (χ1n) is 5.56. The van der Waals surface area contributed by atoms with Crippen molar-refractivity contribution in [3.05, 3.63) is 54.9 Å². The van der Waals surface area contributed by atoms with Crippen LogP contribution < -0.4 is 10.5 Å². The summed E-state index contributed by atoms with van der Waals surface area (Å²) in [5.74, 6) is 1.08. The van der Waals surface area contributed by atoms with Crippen molar-refractivity contribution in [1.29, 1.82) is 0 Å². The van der Waals surface area contributed by atoms with E-state index in [4.69, 9.17) is 10.5 Å². The van der Waals surface area contributed by atoms with Crippen LogP contribution in [0.3, 0.4) is 0 Å². The van der Waals surface area contributed by atoms with E-state index in [1.165, 1.54) is 0 Å². The van der Waals surface area contributed by atoms with Gasteiger partial charge in [-0.2, -0.15) is 0 Å². The Kier molecular flexibility index (Phi) is 2.53. The molecule has 0 saturated heterocycles. The molecular weight excluding hydrogens is 226 g/mol. The third kappa shape index (κ3) is 1.96. The van der Waals surface area contributed by atoms with Gasteiger partial charge in [0, 0.05) is 23.8 Å². The minimum absolute atomic E-state index is 0.410. The highest BCUT2D eigenvalue weighted by molar-refractivity contribution is 5.79. The molecule has 18 heavy (non-hydrogen) atoms. The molecule has 1 aromatic carbocycles. The van der Waals surface area contributed by atoms with E-state index >= 15 is 0 Å². The zero-order valence-electron chi connectivity index (χ0n) is 9.58. The molecule has 0 bridgehead atoms. The van der Waals surface area contributed by atoms with Crippen molar-refractivity contribution < 1.29 is 4.74 Å². The molecule has 0 atom stereocenters. The fraction of sp³-hybridized carbons (Fsp3) is 0. The average molecular weight is 237 g/mol. The van der Waals surface area contributed by atoms with Crippen LogP contribution in [-0.2, 0) is 0 Å². The average Bonchev–Trinajstić information content (AvgIpc) is 2.41. The Bertz CT molecular complexity index is 697. The summed E-state index contributed by atoms with van der Waals surface area (Å²) in [5.41, 5.74) is 7.17. The molecule has 4 nitrogen and oxygen atoms in total. The van der Waals surface area contributed by atoms with Gasteiger partial charge in [0.25, 0.3) is 0 Å². The maximum Gasteiger partial charge on any atom is 0.242 e. The van der Waals surface area contributed by atoms with Gasteiger partial charge in [-0.3, -0.25) is 4.98 Å². The number of ether oxygens (including phenoxy) is 1. The largest absolute Gasteiger partial charge is 0.437 e. The molecule has 0 aliphatic heterocycles. The van der Waals surface area contributed by atoms with Crippen LogP contribution in [0.25, 0.3) is 10.9 Å². The number of nitrogens with zero attached hydrogens (tertiary/aromatic N) is 2. The molecule has 3 aromatic rings. The van der Waals surface area contributed by atoms with E-state index in [-0.39, 0.29) is 0 Å². The fourth-order valence-corrected chi connectivity index (χ4v) is 1.71. The molecule has 0 aliphatic rings. The van der Waals surface area contributed by atoms with Gasteiger partial charge in [0.05, 0.1) is 11.2 Å². The Labute approximate surface area is 104 Å². The van der Waals surface area contributed by atoms with Crippen LogP contribution in [0.15, 0.2) is 54.9 Å². The molecule has 0 amide bonds. The predicted octanol–water partition coefficient (Wildman–Crippen LogP) is 3.00. The first-order chi connectivity index (χ1) is 8.83. The van der Waals surface area contributed by atoms with E-state index in [2.05, 4.69) is 9.97 Å². The second-order valence-corrected chi connectivity index (χ2v) is 3.86. The van der Waals surface area contributed by atoms with Crippen LogP contribution in [0.4, 0.5) is 5.69 Å². The Morgan fingerprint density at radius 2 is 1.78 bits per heavy atom. The van der Waals surface area contributed by atoms with Crippen molar-refractivity contribution in [2.24, 2.45) is 0 Å². The van der Waals surface area contributed by atoms with Gasteiger partial charge in [0.1, 0.15) is 5.75 Å². The van der Waals surface area contributed by atoms with Gasteiger partial charge in [0.15, 0.2) is 0 Å². The summed E-state index contributed by atoms with van der Waals surface area (Å²) in [4.78, 5) is 8.36. The Morgan fingerprint density at radius 3 is 2.67 bits per heavy atom. The van der Waals surface area contributed by atoms with Crippen LogP contribution in [0, 0.1) is 0 Å². The van der Waals surface area contributed by atoms with E-state index in [1.54, 1.807) is 24.5 Å². The summed E-state index contributed by atoms with van der Waals surface area (Å²) >= 11 is 0. The first-order valence-corrected chi connectivity index (χ1v) is 5.56. The SMILES string of the molecule is Nc1cccnc1Oc1ccc2cccnc2c1. The molecule has 0 saturated carbocycles. The maximum absolute atomic E-state index is 5.78. The Balaban J connectivity index is 1.98. The van der Waals surface area contributed by atoms with Gasteiger partial charge in [0.2, 0.25) is 5.88 Å². The minimum atomic E-state index is 0.410. The van der Waals surface area contributed by atoms with Crippen LogP contribution >= 0.6 is 0 Å². The highest BCUT2D eigenvalue weighted by Gasteiger charge is 2.03. The Hall–Kier alpha value is -2.62. The summed E-state index contributed by atoms with van der Waals surface area (Å²) < 4.78 is 5.64. The minimum Gasteiger partial charge on any atom is -0.437 e. The van der Waals surface area contributed by atoms with Gasteiger partial charge in [-0.1, -0.05) is 6.07 Å². The molecule has 2 N–H and O–H groups in total. The third-order valence-corrected chi connectivity index (χ3v) is 2.59. The number of rotatable bonds is 2. The lowest BCUT2D eigenvalue weighted by Crippen LogP contribution is -1.94. The highest BCUT2D eigenvalue weighted by atomic mass is 16.5. The van der Waals surface area contributed by atoms with Crippen LogP contribution in [0.5, 0.6) is 11.6 Å². The molecule has 4 heteroatoms. The second kappa shape index (κ2) is 4.33. The number of benzene rings is 1. The number of hydrogen-bond acceptors (Lipinski definition) is 4. The van der Waals surface area contributed by atoms with Crippen molar-refractivity contribution in [3.8, 4) is 11.6 Å². The van der Waals surface area contributed by atoms with E-state index < -0.39 is 0 Å². The molecule has 3 rings (SSSR count). The Morgan fingerprint density at radius 1 is 0.944 bits per heavy atom. The lowest BCUT2D eigenvalue weighted by molar-refractivity contribution is 0.466. The number of nitrogens with two attached hydrogens (primary N) is 1. The van der Waals surface area contributed by atoms with E-state index in [0.717, 1.165) is 10.9 Å². The maximum atomic E-state index is 5.78. The molecule has 0 fully saturated rings. The summed E-state index contributed by atoms with van der Waals surface area (Å²) in [6.45, 7) is 0. The van der Waals surface area contributed by atoms with Crippen molar-refractivity contribution in [2.45, 2.75) is 0 Å². The molecule has 88 valence electrons. The van der Waals surface area contributed by atoms with Crippen LogP contribution in [0.1, 0.15) is 0 Å². The zero-order chi connectivity index (χ0) is 12.4. The molecule has 0 radical (unpaired) electrons. The topological polar surface area (TPSA) is 61.0 Å². The third-order valence-electron chi connectivity index (χ3n) is 2.59. The number of aromatic nitrogens is 2. The lowest BCUT2D eigenvalue weighted by atomic mass is 10.2. The molecular formula is C14H11N3O. The van der Waals surface area contributed by atoms with Crippen LogP contribution in [0.2, 0.25) is 0 Å². The number of nitrogen functional groups attached to an aromatic ring is 1. The molecule has 2 aromatic heterocycles. The van der Waals surface area contributed by atoms with E-state index in [0.29, 0.717) is 17.3 Å². The predicted molar refractivity (Wildman–Crippen MR) is 70.5 cm³/mol. The van der Waals surface area contributed by atoms with Crippen molar-refractivity contribution in [1.82, 2.24) is 9.97 Å². The zero-order valence-corrected chi connectivity index (χ0v) is 9.58. The molecule has 2 heterocycles. The second-order valence-electron chi connectivity index (χ2n) is 3.86. The summed E-state index contributed by atoms with van der Waals surface area (Å²) in [6.07, 6.45) is 3.40. The van der Waals surface area contributed by atoms with Gasteiger partial charge >= 0.3 is 0 Å². The molecule has 0 unspecified atom stereocenters. The van der Waals surface area contributed by atoms with Crippen molar-refractivity contribution >= 4 is 16.6 Å². The highest BCUT2D eigenvalue weighted by Crippen LogP contribution is 2.26. The normalized spacial score (nSPS) is 10.4. The van der Waals surface area contributed by atoms with E-state index in [1.807, 2.05) is 30.3 Å². The molecule has 0 spiro atoms.